The zero-order valence-electron chi connectivity index (χ0n) is 36.5. The maximum Gasteiger partial charge on any atom is 0.431 e. The second-order valence-corrected chi connectivity index (χ2v) is 16.5. The minimum atomic E-state index is -0.809. The zero-order chi connectivity index (χ0) is 44.8. The molecule has 1 atom stereocenters. The van der Waals surface area contributed by atoms with Crippen LogP contribution in [0.3, 0.4) is 0 Å². The molecule has 0 radical (unpaired) electrons. The summed E-state index contributed by atoms with van der Waals surface area (Å²) >= 11 is 0. The van der Waals surface area contributed by atoms with Gasteiger partial charge in [-0.2, -0.15) is 15.4 Å². The number of amides is 3. The third kappa shape index (κ3) is 11.8. The Morgan fingerprint density at radius 2 is 1.59 bits per heavy atom. The van der Waals surface area contributed by atoms with Gasteiger partial charge in [-0.25, -0.2) is 9.59 Å². The van der Waals surface area contributed by atoms with Crippen LogP contribution in [0.5, 0.6) is 6.01 Å². The van der Waals surface area contributed by atoms with E-state index in [1.54, 1.807) is 4.57 Å². The second-order valence-electron chi connectivity index (χ2n) is 16.5. The number of hydrogen-bond donors (Lipinski definition) is 6. The number of carbonyl (C=O) groups excluding carboxylic acids is 3. The number of nitrogens with two attached hydrogens (primary N) is 2. The number of likely N-dealkylation sites (tertiary alicyclic amines) is 1. The van der Waals surface area contributed by atoms with E-state index in [1.165, 1.54) is 5.56 Å². The molecule has 2 aliphatic rings. The number of ether oxygens (including phenoxy) is 2. The Labute approximate surface area is 372 Å². The lowest BCUT2D eigenvalue weighted by molar-refractivity contribution is -0.133. The Morgan fingerprint density at radius 1 is 0.906 bits per heavy atom. The topological polar surface area (TPSA) is 234 Å². The van der Waals surface area contributed by atoms with Crippen LogP contribution < -0.4 is 38.0 Å². The molecule has 1 aliphatic carbocycles. The van der Waals surface area contributed by atoms with Crippen molar-refractivity contribution in [3.05, 3.63) is 106 Å². The zero-order valence-corrected chi connectivity index (χ0v) is 36.5. The van der Waals surface area contributed by atoms with Crippen LogP contribution in [-0.2, 0) is 32.3 Å². The molecule has 1 saturated heterocycles. The summed E-state index contributed by atoms with van der Waals surface area (Å²) in [5.74, 6) is -0.272. The molecule has 340 valence electrons. The lowest BCUT2D eigenvalue weighted by Crippen LogP contribution is -2.48. The summed E-state index contributed by atoms with van der Waals surface area (Å²) in [7, 11) is 0. The van der Waals surface area contributed by atoms with Gasteiger partial charge in [0.2, 0.25) is 11.8 Å². The normalized spacial score (nSPS) is 14.5. The Balaban J connectivity index is 0.802. The fourth-order valence-electron chi connectivity index (χ4n) is 8.48. The first kappa shape index (κ1) is 45.7. The summed E-state index contributed by atoms with van der Waals surface area (Å²) in [6.45, 7) is 6.17. The molecule has 64 heavy (non-hydrogen) atoms. The molecule has 3 amide bonds. The molecule has 0 unspecified atom stereocenters. The van der Waals surface area contributed by atoms with Crippen LogP contribution in [0.4, 0.5) is 10.6 Å². The monoisotopic (exact) mass is 876 g/mol. The van der Waals surface area contributed by atoms with Gasteiger partial charge < -0.3 is 36.6 Å². The highest BCUT2D eigenvalue weighted by atomic mass is 16.7. The van der Waals surface area contributed by atoms with Gasteiger partial charge in [-0.15, -0.1) is 0 Å². The molecule has 0 bridgehead atoms. The first-order valence-electron chi connectivity index (χ1n) is 22.4. The van der Waals surface area contributed by atoms with Crippen molar-refractivity contribution in [3.63, 3.8) is 0 Å². The van der Waals surface area contributed by atoms with Crippen molar-refractivity contribution >= 4 is 34.9 Å². The van der Waals surface area contributed by atoms with Crippen LogP contribution >= 0.6 is 0 Å². The van der Waals surface area contributed by atoms with E-state index >= 15 is 0 Å². The van der Waals surface area contributed by atoms with Gasteiger partial charge in [0.15, 0.2) is 18.1 Å². The predicted octanol–water partition coefficient (Wildman–Crippen LogP) is 4.73. The van der Waals surface area contributed by atoms with Crippen LogP contribution in [0.1, 0.15) is 86.5 Å². The summed E-state index contributed by atoms with van der Waals surface area (Å²) in [5, 5.41) is 5.78. The largest absolute Gasteiger partial charge is 0.463 e. The number of anilines is 1. The van der Waals surface area contributed by atoms with E-state index in [0.717, 1.165) is 86.0 Å². The van der Waals surface area contributed by atoms with Crippen molar-refractivity contribution in [3.8, 4) is 17.1 Å². The number of nitrogen functional groups attached to an aromatic ring is 1. The number of nitrogens with one attached hydrogen (secondary N) is 4. The number of carbonyl (C=O) groups is 3. The van der Waals surface area contributed by atoms with Gasteiger partial charge in [-0.1, -0.05) is 86.1 Å². The first-order valence-corrected chi connectivity index (χ1v) is 22.4. The number of benzene rings is 3. The predicted molar refractivity (Wildman–Crippen MR) is 243 cm³/mol. The van der Waals surface area contributed by atoms with Gasteiger partial charge in [-0.05, 0) is 104 Å². The molecule has 3 aromatic carbocycles. The number of piperidine rings is 1. The smallest absolute Gasteiger partial charge is 0.431 e. The number of unbranched alkanes of at least 4 members (excludes halogenated alkanes) is 2. The summed E-state index contributed by atoms with van der Waals surface area (Å²) in [6.07, 6.45) is 5.69. The number of fused-ring (bicyclic) bond motifs is 4. The Hall–Kier alpha value is -6.30. The maximum atomic E-state index is 13.3. The molecule has 2 aromatic heterocycles. The molecule has 17 nitrogen and oxygen atoms in total. The summed E-state index contributed by atoms with van der Waals surface area (Å²) < 4.78 is 12.7. The van der Waals surface area contributed by atoms with Crippen LogP contribution in [0.15, 0.2) is 77.6 Å². The van der Waals surface area contributed by atoms with Crippen molar-refractivity contribution in [2.24, 2.45) is 11.7 Å². The first-order chi connectivity index (χ1) is 31.2. The van der Waals surface area contributed by atoms with Crippen molar-refractivity contribution in [1.82, 2.24) is 40.5 Å². The lowest BCUT2D eigenvalue weighted by atomic mass is 9.93. The van der Waals surface area contributed by atoms with Crippen molar-refractivity contribution in [1.29, 1.82) is 0 Å². The molecule has 0 saturated carbocycles. The molecule has 1 fully saturated rings. The number of aromatic amines is 1. The number of rotatable bonds is 22. The minimum Gasteiger partial charge on any atom is -0.463 e. The fraction of sp³-hybridized carbons (Fsp3) is 0.447. The second kappa shape index (κ2) is 22.4. The molecule has 17 heteroatoms. The number of nitrogens with zero attached hydrogens (tertiary/aromatic N) is 4. The van der Waals surface area contributed by atoms with Crippen LogP contribution in [-0.4, -0.2) is 94.4 Å². The van der Waals surface area contributed by atoms with Crippen molar-refractivity contribution < 1.29 is 28.7 Å². The van der Waals surface area contributed by atoms with Gasteiger partial charge in [0.1, 0.15) is 18.2 Å². The highest BCUT2D eigenvalue weighted by Crippen LogP contribution is 2.44. The Kier molecular flexibility index (Phi) is 16.0. The third-order valence-electron chi connectivity index (χ3n) is 12.0. The minimum absolute atomic E-state index is 0.109. The molecular weight excluding hydrogens is 817 g/mol. The van der Waals surface area contributed by atoms with Crippen molar-refractivity contribution in [2.75, 3.05) is 51.7 Å². The summed E-state index contributed by atoms with van der Waals surface area (Å²) in [6, 6.07) is 23.7. The number of hydrogen-bond acceptors (Lipinski definition) is 12. The van der Waals surface area contributed by atoms with Crippen LogP contribution in [0.25, 0.3) is 22.3 Å². The summed E-state index contributed by atoms with van der Waals surface area (Å²) in [5.41, 5.74) is 21.0. The van der Waals surface area contributed by atoms with Gasteiger partial charge in [0, 0.05) is 19.0 Å². The number of H-pyrrole nitrogens is 1. The molecule has 7 rings (SSSR count). The van der Waals surface area contributed by atoms with E-state index < -0.39 is 24.6 Å². The lowest BCUT2D eigenvalue weighted by Gasteiger charge is -2.32. The number of aromatic nitrogens is 4. The van der Waals surface area contributed by atoms with Gasteiger partial charge in [-0.3, -0.25) is 23.9 Å². The third-order valence-corrected chi connectivity index (χ3v) is 12.0. The summed E-state index contributed by atoms with van der Waals surface area (Å²) in [4.78, 5) is 70.5. The average Bonchev–Trinajstić information content (AvgIpc) is 3.79. The van der Waals surface area contributed by atoms with E-state index in [4.69, 9.17) is 25.8 Å². The van der Waals surface area contributed by atoms with Crippen molar-refractivity contribution in [2.45, 2.75) is 83.3 Å². The highest BCUT2D eigenvalue weighted by Gasteiger charge is 2.29. The van der Waals surface area contributed by atoms with Gasteiger partial charge >= 0.3 is 17.8 Å². The fourth-order valence-corrected chi connectivity index (χ4v) is 8.48. The molecular formula is C47H60N10O7. The van der Waals surface area contributed by atoms with E-state index in [0.29, 0.717) is 56.2 Å². The molecule has 0 spiro atoms. The Bertz CT molecular complexity index is 2370. The van der Waals surface area contributed by atoms with E-state index in [-0.39, 0.29) is 36.0 Å². The highest BCUT2D eigenvalue weighted by molar-refractivity contribution is 5.88. The quantitative estimate of drug-likeness (QED) is 0.0409. The van der Waals surface area contributed by atoms with Crippen LogP contribution in [0.2, 0.25) is 0 Å². The average molecular weight is 877 g/mol. The molecule has 8 N–H and O–H groups in total. The SMILES string of the molecule is CCCCOc1nc(N)c2[nH]c(=O)n(Cc3ccc(CN4CCC(CCNC(=O)[C@@H](CCCCN)NC(=O)CONC(=O)OCC5c6ccccc6-c6ccccc65)CC4)cc3)c2n1. The van der Waals surface area contributed by atoms with E-state index in [9.17, 15) is 19.2 Å². The van der Waals surface area contributed by atoms with E-state index in [1.807, 2.05) is 48.5 Å². The Morgan fingerprint density at radius 3 is 2.28 bits per heavy atom. The number of imidazole rings is 1. The van der Waals surface area contributed by atoms with Crippen LogP contribution in [0, 0.1) is 5.92 Å². The maximum absolute atomic E-state index is 13.3. The van der Waals surface area contributed by atoms with E-state index in [2.05, 4.69) is 67.2 Å². The molecule has 1 aliphatic heterocycles. The van der Waals surface area contributed by atoms with Gasteiger partial charge in [0.25, 0.3) is 0 Å². The van der Waals surface area contributed by atoms with Gasteiger partial charge in [0.05, 0.1) is 13.2 Å². The molecule has 5 aromatic rings. The molecule has 3 heterocycles. The standard InChI is InChI=1S/C47H60N10O7/c1-2-3-26-62-45-53-42(49)41-43(54-45)57(46(60)52-41)28-33-17-15-32(16-18-33)27-56-24-20-31(21-25-56)19-23-50-44(59)39(14-8-9-22-48)51-40(58)30-64-55-47(61)63-29-38-36-12-6-4-10-34(36)35-11-5-7-13-37(35)38/h4-7,10-13,15-18,31,38-39H,2-3,8-9,14,19-30,48H2,1H3,(H,50,59)(H,51,58)(H,52,60)(H,55,61)(H2,49,53,54)/t39-/m1/s1. The number of hydroxylamine groups is 1.